The van der Waals surface area contributed by atoms with Crippen molar-refractivity contribution in [2.45, 2.75) is 12.7 Å². The summed E-state index contributed by atoms with van der Waals surface area (Å²) in [6.07, 6.45) is -3.38. The Kier molecular flexibility index (Phi) is 3.85. The molecule has 0 amide bonds. The lowest BCUT2D eigenvalue weighted by atomic mass is 10.2. The second-order valence-electron chi connectivity index (χ2n) is 4.73. The third-order valence-corrected chi connectivity index (χ3v) is 3.63. The van der Waals surface area contributed by atoms with Crippen LogP contribution in [0.3, 0.4) is 0 Å². The molecule has 0 radical (unpaired) electrons. The van der Waals surface area contributed by atoms with Crippen molar-refractivity contribution in [2.24, 2.45) is 0 Å². The molecule has 0 unspecified atom stereocenters. The Morgan fingerprint density at radius 1 is 1.22 bits per heavy atom. The van der Waals surface area contributed by atoms with Crippen molar-refractivity contribution in [2.75, 3.05) is 5.32 Å². The zero-order valence-electron chi connectivity index (χ0n) is 11.4. The molecule has 0 spiro atoms. The highest BCUT2D eigenvalue weighted by atomic mass is 35.5. The van der Waals surface area contributed by atoms with Gasteiger partial charge in [0.2, 0.25) is 0 Å². The number of halogens is 5. The third-order valence-electron chi connectivity index (χ3n) is 3.21. The van der Waals surface area contributed by atoms with Crippen molar-refractivity contribution < 1.29 is 17.6 Å². The van der Waals surface area contributed by atoms with Crippen LogP contribution in [0.4, 0.5) is 23.4 Å². The van der Waals surface area contributed by atoms with Crippen LogP contribution >= 0.6 is 11.6 Å². The summed E-state index contributed by atoms with van der Waals surface area (Å²) in [6.45, 7) is 0.106. The van der Waals surface area contributed by atoms with Gasteiger partial charge in [-0.2, -0.15) is 13.2 Å². The van der Waals surface area contributed by atoms with Gasteiger partial charge >= 0.3 is 6.18 Å². The van der Waals surface area contributed by atoms with Gasteiger partial charge in [-0.15, -0.1) is 0 Å². The highest BCUT2D eigenvalue weighted by Gasteiger charge is 2.33. The molecular weight excluding hydrogens is 336 g/mol. The number of anilines is 1. The molecule has 0 bridgehead atoms. The van der Waals surface area contributed by atoms with Gasteiger partial charge in [0.15, 0.2) is 0 Å². The van der Waals surface area contributed by atoms with E-state index in [4.69, 9.17) is 11.6 Å². The second-order valence-corrected chi connectivity index (χ2v) is 5.11. The molecule has 2 heterocycles. The lowest BCUT2D eigenvalue weighted by Crippen LogP contribution is -2.04. The Bertz CT molecular complexity index is 860. The largest absolute Gasteiger partial charge is 0.431 e. The highest BCUT2D eigenvalue weighted by molar-refractivity contribution is 6.31. The average Bonchev–Trinajstić information content (AvgIpc) is 2.93. The maximum Gasteiger partial charge on any atom is 0.431 e. The number of nitrogens with zero attached hydrogens (tertiary/aromatic N) is 2. The molecule has 0 saturated carbocycles. The number of hydrogen-bond donors (Lipinski definition) is 2. The van der Waals surface area contributed by atoms with Crippen molar-refractivity contribution in [3.63, 3.8) is 0 Å². The Labute approximate surface area is 132 Å². The zero-order chi connectivity index (χ0) is 16.6. The molecule has 0 saturated heterocycles. The van der Waals surface area contributed by atoms with Crippen LogP contribution in [0.1, 0.15) is 11.3 Å². The van der Waals surface area contributed by atoms with Crippen LogP contribution in [-0.2, 0) is 12.7 Å². The van der Waals surface area contributed by atoms with Gasteiger partial charge in [0.1, 0.15) is 29.3 Å². The van der Waals surface area contributed by atoms with E-state index in [1.165, 1.54) is 12.1 Å². The fraction of sp³-hybridized carbons (Fsp3) is 0.143. The van der Waals surface area contributed by atoms with Crippen molar-refractivity contribution in [1.29, 1.82) is 0 Å². The fourth-order valence-corrected chi connectivity index (χ4v) is 2.29. The topological polar surface area (TPSA) is 53.6 Å². The van der Waals surface area contributed by atoms with Gasteiger partial charge in [-0.1, -0.05) is 23.7 Å². The predicted octanol–water partition coefficient (Wildman–Crippen LogP) is 4.38. The number of hydrogen-bond acceptors (Lipinski definition) is 3. The van der Waals surface area contributed by atoms with E-state index in [9.17, 15) is 17.6 Å². The maximum absolute atomic E-state index is 13.4. The van der Waals surface area contributed by atoms with Crippen molar-refractivity contribution in [3.8, 4) is 0 Å². The number of H-pyrrole nitrogens is 1. The van der Waals surface area contributed by atoms with Crippen LogP contribution in [0.25, 0.3) is 11.0 Å². The lowest BCUT2D eigenvalue weighted by molar-refractivity contribution is -0.140. The summed E-state index contributed by atoms with van der Waals surface area (Å²) in [5.74, 6) is -0.373. The lowest BCUT2D eigenvalue weighted by Gasteiger charge is -2.08. The van der Waals surface area contributed by atoms with Gasteiger partial charge in [-0.05, 0) is 17.7 Å². The Hall–Kier alpha value is -2.35. The number of fused-ring (bicyclic) bond motifs is 1. The maximum atomic E-state index is 13.4. The van der Waals surface area contributed by atoms with Crippen molar-refractivity contribution in [1.82, 2.24) is 15.0 Å². The molecule has 2 N–H and O–H groups in total. The molecule has 0 aliphatic heterocycles. The van der Waals surface area contributed by atoms with E-state index >= 15 is 0 Å². The molecule has 0 aliphatic carbocycles. The standard InChI is InChI=1S/C14H9ClF4N4/c15-11-7(2-1-3-9(11)16)5-20-12-8-4-10(14(17,18)19)23-13(8)22-6-21-12/h1-4,6H,5H2,(H2,20,21,22,23). The van der Waals surface area contributed by atoms with Gasteiger partial charge < -0.3 is 10.3 Å². The van der Waals surface area contributed by atoms with Crippen LogP contribution in [0.5, 0.6) is 0 Å². The third kappa shape index (κ3) is 3.07. The number of aromatic amines is 1. The van der Waals surface area contributed by atoms with Crippen LogP contribution in [0, 0.1) is 5.82 Å². The van der Waals surface area contributed by atoms with Crippen LogP contribution in [-0.4, -0.2) is 15.0 Å². The molecule has 2 aromatic heterocycles. The van der Waals surface area contributed by atoms with E-state index in [1.54, 1.807) is 6.07 Å². The highest BCUT2D eigenvalue weighted by Crippen LogP contribution is 2.32. The van der Waals surface area contributed by atoms with Gasteiger partial charge in [-0.3, -0.25) is 0 Å². The van der Waals surface area contributed by atoms with Crippen molar-refractivity contribution in [3.05, 3.63) is 52.7 Å². The van der Waals surface area contributed by atoms with Gasteiger partial charge in [-0.25, -0.2) is 14.4 Å². The summed E-state index contributed by atoms with van der Waals surface area (Å²) in [4.78, 5) is 9.89. The molecule has 23 heavy (non-hydrogen) atoms. The summed E-state index contributed by atoms with van der Waals surface area (Å²) in [5.41, 5.74) is -0.398. The summed E-state index contributed by atoms with van der Waals surface area (Å²) < 4.78 is 51.6. The minimum absolute atomic E-state index is 0.0460. The Morgan fingerprint density at radius 3 is 2.74 bits per heavy atom. The molecule has 9 heteroatoms. The van der Waals surface area contributed by atoms with E-state index in [0.717, 1.165) is 12.4 Å². The van der Waals surface area contributed by atoms with Crippen molar-refractivity contribution >= 4 is 28.5 Å². The first-order valence-corrected chi connectivity index (χ1v) is 6.81. The molecular formula is C14H9ClF4N4. The summed E-state index contributed by atoms with van der Waals surface area (Å²) in [7, 11) is 0. The molecule has 120 valence electrons. The molecule has 3 aromatic rings. The second kappa shape index (κ2) is 5.69. The SMILES string of the molecule is Fc1cccc(CNc2ncnc3[nH]c(C(F)(F)F)cc23)c1Cl. The normalized spacial score (nSPS) is 11.9. The van der Waals surface area contributed by atoms with E-state index in [0.29, 0.717) is 5.56 Å². The minimum Gasteiger partial charge on any atom is -0.365 e. The summed E-state index contributed by atoms with van der Waals surface area (Å²) in [6, 6.07) is 5.24. The molecule has 0 fully saturated rings. The van der Waals surface area contributed by atoms with Gasteiger partial charge in [0.05, 0.1) is 10.4 Å². The molecule has 3 rings (SSSR count). The first-order chi connectivity index (χ1) is 10.9. The first-order valence-electron chi connectivity index (χ1n) is 6.44. The number of nitrogens with one attached hydrogen (secondary N) is 2. The average molecular weight is 345 g/mol. The number of aromatic nitrogens is 3. The summed E-state index contributed by atoms with van der Waals surface area (Å²) in [5, 5.41) is 2.99. The van der Waals surface area contributed by atoms with E-state index in [-0.39, 0.29) is 28.4 Å². The predicted molar refractivity (Wildman–Crippen MR) is 77.6 cm³/mol. The van der Waals surface area contributed by atoms with Crippen LogP contribution in [0.2, 0.25) is 5.02 Å². The monoisotopic (exact) mass is 344 g/mol. The summed E-state index contributed by atoms with van der Waals surface area (Å²) >= 11 is 5.84. The minimum atomic E-state index is -4.51. The van der Waals surface area contributed by atoms with E-state index in [2.05, 4.69) is 20.3 Å². The van der Waals surface area contributed by atoms with Crippen LogP contribution < -0.4 is 5.32 Å². The molecule has 4 nitrogen and oxygen atoms in total. The van der Waals surface area contributed by atoms with E-state index < -0.39 is 17.7 Å². The van der Waals surface area contributed by atoms with Gasteiger partial charge in [0.25, 0.3) is 0 Å². The smallest absolute Gasteiger partial charge is 0.365 e. The number of rotatable bonds is 3. The molecule has 0 aliphatic rings. The molecule has 1 aromatic carbocycles. The van der Waals surface area contributed by atoms with Gasteiger partial charge in [0, 0.05) is 6.54 Å². The first kappa shape index (κ1) is 15.5. The zero-order valence-corrected chi connectivity index (χ0v) is 12.1. The Balaban J connectivity index is 1.91. The Morgan fingerprint density at radius 2 is 2.00 bits per heavy atom. The fourth-order valence-electron chi connectivity index (χ4n) is 2.10. The number of alkyl halides is 3. The van der Waals surface area contributed by atoms with Crippen LogP contribution in [0.15, 0.2) is 30.6 Å². The van der Waals surface area contributed by atoms with E-state index in [1.807, 2.05) is 0 Å². The molecule has 0 atom stereocenters. The number of benzene rings is 1. The quantitative estimate of drug-likeness (QED) is 0.693.